The van der Waals surface area contributed by atoms with Crippen molar-refractivity contribution in [3.05, 3.63) is 0 Å². The number of hydrazone groups is 1. The second-order valence-corrected chi connectivity index (χ2v) is 8.99. The van der Waals surface area contributed by atoms with Crippen LogP contribution in [0.5, 0.6) is 0 Å². The number of methoxy groups -OCH3 is 2. The number of rotatable bonds is 5. The fourth-order valence-electron chi connectivity index (χ4n) is 5.33. The highest BCUT2D eigenvalue weighted by Crippen LogP contribution is 2.38. The van der Waals surface area contributed by atoms with E-state index in [0.29, 0.717) is 6.54 Å². The number of alkyl halides is 3. The minimum absolute atomic E-state index is 0.0511. The van der Waals surface area contributed by atoms with Gasteiger partial charge in [0.1, 0.15) is 19.0 Å². The second kappa shape index (κ2) is 8.67. The number of carbonyl (C=O) groups excluding carboxylic acids is 1. The lowest BCUT2D eigenvalue weighted by Crippen LogP contribution is -2.50. The molecule has 0 radical (unpaired) electrons. The van der Waals surface area contributed by atoms with Crippen LogP contribution in [0.4, 0.5) is 13.2 Å². The van der Waals surface area contributed by atoms with Crippen molar-refractivity contribution in [2.75, 3.05) is 33.9 Å². The molecule has 11 heteroatoms. The number of fused-ring (bicyclic) bond motifs is 1. The molecule has 0 aromatic heterocycles. The van der Waals surface area contributed by atoms with Crippen LogP contribution in [0.2, 0.25) is 0 Å². The quantitative estimate of drug-likeness (QED) is 0.694. The normalized spacial score (nSPS) is 38.6. The monoisotopic (exact) mass is 445 g/mol. The van der Waals surface area contributed by atoms with E-state index in [4.69, 9.17) is 14.5 Å². The SMILES string of the molecule is COC1CC(C2CC(C)C3C(=O)N(C4C=NN(CC(F)(F)F)C4)CC3=N2)CC(OC)N1. The van der Waals surface area contributed by atoms with E-state index in [0.717, 1.165) is 30.0 Å². The maximum atomic E-state index is 13.1. The van der Waals surface area contributed by atoms with Crippen molar-refractivity contribution in [2.45, 2.75) is 56.9 Å². The molecular formula is C20H30F3N5O3. The van der Waals surface area contributed by atoms with Crippen LogP contribution in [0, 0.1) is 17.8 Å². The number of ether oxygens (including phenoxy) is 2. The van der Waals surface area contributed by atoms with Gasteiger partial charge in [0, 0.05) is 26.1 Å². The maximum Gasteiger partial charge on any atom is 0.407 e. The first-order valence-electron chi connectivity index (χ1n) is 10.7. The summed E-state index contributed by atoms with van der Waals surface area (Å²) in [7, 11) is 3.33. The zero-order valence-corrected chi connectivity index (χ0v) is 18.0. The zero-order chi connectivity index (χ0) is 22.3. The summed E-state index contributed by atoms with van der Waals surface area (Å²) in [6.45, 7) is 1.37. The molecular weight excluding hydrogens is 415 g/mol. The first-order chi connectivity index (χ1) is 14.7. The van der Waals surface area contributed by atoms with E-state index in [9.17, 15) is 18.0 Å². The molecule has 4 aliphatic rings. The lowest BCUT2D eigenvalue weighted by Gasteiger charge is -2.40. The lowest BCUT2D eigenvalue weighted by molar-refractivity contribution is -0.146. The summed E-state index contributed by atoms with van der Waals surface area (Å²) in [4.78, 5) is 19.7. The van der Waals surface area contributed by atoms with Crippen molar-refractivity contribution >= 4 is 17.8 Å². The number of carbonyl (C=O) groups is 1. The number of piperidine rings is 1. The van der Waals surface area contributed by atoms with Gasteiger partial charge in [0.2, 0.25) is 5.91 Å². The maximum absolute atomic E-state index is 13.1. The summed E-state index contributed by atoms with van der Waals surface area (Å²) in [5, 5.41) is 8.13. The molecule has 0 saturated carbocycles. The van der Waals surface area contributed by atoms with Gasteiger partial charge in [0.15, 0.2) is 0 Å². The highest BCUT2D eigenvalue weighted by atomic mass is 19.4. The minimum Gasteiger partial charge on any atom is -0.367 e. The summed E-state index contributed by atoms with van der Waals surface area (Å²) < 4.78 is 49.0. The number of likely N-dealkylation sites (tertiary alicyclic amines) is 1. The Morgan fingerprint density at radius 2 is 1.87 bits per heavy atom. The number of halogens is 3. The number of amides is 1. The van der Waals surface area contributed by atoms with Gasteiger partial charge in [-0.3, -0.25) is 20.1 Å². The number of nitrogens with one attached hydrogen (secondary N) is 1. The van der Waals surface area contributed by atoms with Gasteiger partial charge in [-0.25, -0.2) is 0 Å². The van der Waals surface area contributed by atoms with Gasteiger partial charge in [0.05, 0.1) is 31.1 Å². The Balaban J connectivity index is 1.46. The fourth-order valence-corrected chi connectivity index (χ4v) is 5.33. The number of nitrogens with zero attached hydrogens (tertiary/aromatic N) is 4. The second-order valence-electron chi connectivity index (χ2n) is 8.99. The Morgan fingerprint density at radius 3 is 2.48 bits per heavy atom. The van der Waals surface area contributed by atoms with Crippen LogP contribution in [-0.4, -0.2) is 92.3 Å². The predicted molar refractivity (Wildman–Crippen MR) is 108 cm³/mol. The van der Waals surface area contributed by atoms with Crippen LogP contribution in [0.1, 0.15) is 26.2 Å². The van der Waals surface area contributed by atoms with Crippen molar-refractivity contribution in [1.82, 2.24) is 15.2 Å². The van der Waals surface area contributed by atoms with Crippen LogP contribution in [0.15, 0.2) is 10.1 Å². The molecule has 0 aromatic rings. The molecule has 6 unspecified atom stereocenters. The Labute approximate surface area is 179 Å². The number of aliphatic imine (C=N–C) groups is 1. The number of hydrogen-bond donors (Lipinski definition) is 1. The minimum atomic E-state index is -4.32. The van der Waals surface area contributed by atoms with Gasteiger partial charge in [-0.15, -0.1) is 0 Å². The van der Waals surface area contributed by atoms with Gasteiger partial charge in [-0.05, 0) is 31.1 Å². The van der Waals surface area contributed by atoms with Gasteiger partial charge >= 0.3 is 6.18 Å². The van der Waals surface area contributed by atoms with Crippen molar-refractivity contribution < 1.29 is 27.4 Å². The molecule has 6 atom stereocenters. The average Bonchev–Trinajstić information content (AvgIpc) is 3.30. The van der Waals surface area contributed by atoms with E-state index in [1.165, 1.54) is 6.21 Å². The summed E-state index contributed by atoms with van der Waals surface area (Å²) in [6, 6.07) is -0.381. The summed E-state index contributed by atoms with van der Waals surface area (Å²) in [6.07, 6.45) is -0.660. The summed E-state index contributed by atoms with van der Waals surface area (Å²) in [5.41, 5.74) is 0.845. The van der Waals surface area contributed by atoms with Crippen LogP contribution >= 0.6 is 0 Å². The first-order valence-corrected chi connectivity index (χ1v) is 10.7. The Kier molecular flexibility index (Phi) is 6.28. The molecule has 4 heterocycles. The van der Waals surface area contributed by atoms with Crippen LogP contribution < -0.4 is 5.32 Å². The molecule has 1 amide bonds. The van der Waals surface area contributed by atoms with Gasteiger partial charge in [0.25, 0.3) is 0 Å². The highest BCUT2D eigenvalue weighted by molar-refractivity contribution is 6.12. The largest absolute Gasteiger partial charge is 0.407 e. The van der Waals surface area contributed by atoms with E-state index >= 15 is 0 Å². The van der Waals surface area contributed by atoms with E-state index in [1.54, 1.807) is 19.1 Å². The standard InChI is InChI=1S/C20H30F3N5O3/c1-11-4-14(12-5-16(30-2)26-17(6-12)31-3)25-15-9-28(19(29)18(11)15)13-7-24-27(8-13)10-20(21,22)23/h7,11-14,16-18,26H,4-6,8-10H2,1-3H3. The van der Waals surface area contributed by atoms with Crippen LogP contribution in [-0.2, 0) is 14.3 Å². The van der Waals surface area contributed by atoms with Crippen LogP contribution in [0.25, 0.3) is 0 Å². The Morgan fingerprint density at radius 1 is 1.19 bits per heavy atom. The third-order valence-corrected chi connectivity index (χ3v) is 6.84. The van der Waals surface area contributed by atoms with Gasteiger partial charge in [-0.1, -0.05) is 6.92 Å². The van der Waals surface area contributed by atoms with Crippen molar-refractivity contribution in [2.24, 2.45) is 27.8 Å². The molecule has 31 heavy (non-hydrogen) atoms. The van der Waals surface area contributed by atoms with Gasteiger partial charge in [-0.2, -0.15) is 18.3 Å². The van der Waals surface area contributed by atoms with E-state index in [2.05, 4.69) is 17.3 Å². The molecule has 0 aliphatic carbocycles. The Hall–Kier alpha value is -1.72. The van der Waals surface area contributed by atoms with Crippen molar-refractivity contribution in [3.8, 4) is 0 Å². The van der Waals surface area contributed by atoms with Crippen molar-refractivity contribution in [3.63, 3.8) is 0 Å². The molecule has 0 aromatic carbocycles. The fraction of sp³-hybridized carbons (Fsp3) is 0.850. The molecule has 4 aliphatic heterocycles. The zero-order valence-electron chi connectivity index (χ0n) is 18.0. The van der Waals surface area contributed by atoms with E-state index in [-0.39, 0.29) is 48.7 Å². The third-order valence-electron chi connectivity index (χ3n) is 6.84. The summed E-state index contributed by atoms with van der Waals surface area (Å²) in [5.74, 6) is 0.0485. The third kappa shape index (κ3) is 4.73. The lowest BCUT2D eigenvalue weighted by atomic mass is 9.77. The van der Waals surface area contributed by atoms with E-state index in [1.807, 2.05) is 0 Å². The smallest absolute Gasteiger partial charge is 0.367 e. The average molecular weight is 445 g/mol. The Bertz CT molecular complexity index is 734. The molecule has 0 bridgehead atoms. The van der Waals surface area contributed by atoms with Crippen molar-refractivity contribution in [1.29, 1.82) is 0 Å². The first kappa shape index (κ1) is 22.5. The molecule has 8 nitrogen and oxygen atoms in total. The molecule has 2 saturated heterocycles. The number of hydrogen-bond acceptors (Lipinski definition) is 7. The molecule has 1 N–H and O–H groups in total. The molecule has 2 fully saturated rings. The highest BCUT2D eigenvalue weighted by Gasteiger charge is 2.48. The predicted octanol–water partition coefficient (Wildman–Crippen LogP) is 1.47. The molecule has 0 spiro atoms. The summed E-state index contributed by atoms with van der Waals surface area (Å²) >= 11 is 0. The molecule has 174 valence electrons. The van der Waals surface area contributed by atoms with Crippen LogP contribution in [0.3, 0.4) is 0 Å². The van der Waals surface area contributed by atoms with E-state index < -0.39 is 18.8 Å². The molecule has 4 rings (SSSR count). The topological polar surface area (TPSA) is 78.8 Å². The van der Waals surface area contributed by atoms with Gasteiger partial charge < -0.3 is 14.4 Å².